The summed E-state index contributed by atoms with van der Waals surface area (Å²) in [5.74, 6) is 0.365. The third-order valence-electron chi connectivity index (χ3n) is 3.51. The average Bonchev–Trinajstić information content (AvgIpc) is 2.94. The Labute approximate surface area is 138 Å². The maximum atomic E-state index is 12.4. The quantitative estimate of drug-likeness (QED) is 0.874. The number of ether oxygens (including phenoxy) is 2. The van der Waals surface area contributed by atoms with E-state index in [4.69, 9.17) is 9.47 Å². The zero-order valence-electron chi connectivity index (χ0n) is 12.7. The summed E-state index contributed by atoms with van der Waals surface area (Å²) >= 11 is 1.53. The minimum atomic E-state index is -0.205. The molecule has 0 spiro atoms. The van der Waals surface area contributed by atoms with Crippen LogP contribution in [0.25, 0.3) is 0 Å². The molecule has 0 radical (unpaired) electrons. The molecular weight excluding hydrogens is 314 g/mol. The van der Waals surface area contributed by atoms with Crippen molar-refractivity contribution in [3.63, 3.8) is 0 Å². The van der Waals surface area contributed by atoms with E-state index in [1.54, 1.807) is 5.51 Å². The van der Waals surface area contributed by atoms with E-state index in [0.717, 1.165) is 12.2 Å². The van der Waals surface area contributed by atoms with Crippen LogP contribution in [0.2, 0.25) is 0 Å². The van der Waals surface area contributed by atoms with Crippen LogP contribution >= 0.6 is 11.3 Å². The van der Waals surface area contributed by atoms with Crippen molar-refractivity contribution in [1.82, 2.24) is 10.3 Å². The highest BCUT2D eigenvalue weighted by molar-refractivity contribution is 7.07. The number of nitrogens with one attached hydrogen (secondary N) is 2. The fourth-order valence-corrected chi connectivity index (χ4v) is 2.81. The van der Waals surface area contributed by atoms with Crippen LogP contribution in [-0.4, -0.2) is 37.2 Å². The van der Waals surface area contributed by atoms with Crippen LogP contribution in [0, 0.1) is 5.92 Å². The molecule has 23 heavy (non-hydrogen) atoms. The van der Waals surface area contributed by atoms with Crippen LogP contribution in [0.15, 0.2) is 35.2 Å². The number of nitrogens with zero attached hydrogens (tertiary/aromatic N) is 1. The first-order valence-electron chi connectivity index (χ1n) is 7.51. The first-order chi connectivity index (χ1) is 11.3. The highest BCUT2D eigenvalue weighted by atomic mass is 32.1. The molecule has 1 aromatic heterocycles. The van der Waals surface area contributed by atoms with Gasteiger partial charge in [-0.3, -0.25) is 4.79 Å². The largest absolute Gasteiger partial charge is 0.485 e. The fraction of sp³-hybridized carbons (Fsp3) is 0.375. The summed E-state index contributed by atoms with van der Waals surface area (Å²) in [6, 6.07) is 7.42. The second-order valence-corrected chi connectivity index (χ2v) is 5.95. The predicted molar refractivity (Wildman–Crippen MR) is 88.7 cm³/mol. The first-order valence-corrected chi connectivity index (χ1v) is 8.45. The lowest BCUT2D eigenvalue weighted by molar-refractivity contribution is -0.121. The number of para-hydroxylation sites is 2. The summed E-state index contributed by atoms with van der Waals surface area (Å²) in [6.07, 6.45) is 0. The second kappa shape index (κ2) is 8.05. The Hall–Kier alpha value is -1.96. The molecule has 1 aliphatic heterocycles. The molecule has 1 fully saturated rings. The molecule has 7 heteroatoms. The van der Waals surface area contributed by atoms with Crippen molar-refractivity contribution in [1.29, 1.82) is 0 Å². The lowest BCUT2D eigenvalue weighted by Crippen LogP contribution is -2.33. The number of carbonyl (C=O) groups excluding carboxylic acids is 1. The minimum absolute atomic E-state index is 0.0656. The van der Waals surface area contributed by atoms with E-state index in [2.05, 4.69) is 15.6 Å². The Morgan fingerprint density at radius 3 is 3.26 bits per heavy atom. The van der Waals surface area contributed by atoms with Gasteiger partial charge >= 0.3 is 0 Å². The van der Waals surface area contributed by atoms with Crippen molar-refractivity contribution < 1.29 is 14.3 Å². The SMILES string of the molecule is O=C(Nc1ccccc1OCc1cscn1)C1CNCCOC1. The third kappa shape index (κ3) is 4.51. The summed E-state index contributed by atoms with van der Waals surface area (Å²) in [6.45, 7) is 2.84. The molecule has 1 aliphatic rings. The summed E-state index contributed by atoms with van der Waals surface area (Å²) in [5, 5.41) is 8.07. The lowest BCUT2D eigenvalue weighted by Gasteiger charge is -2.16. The molecule has 2 aromatic rings. The number of hydrogen-bond donors (Lipinski definition) is 2. The molecule has 122 valence electrons. The zero-order chi connectivity index (χ0) is 15.9. The van der Waals surface area contributed by atoms with Crippen LogP contribution in [0.5, 0.6) is 5.75 Å². The van der Waals surface area contributed by atoms with E-state index in [1.165, 1.54) is 11.3 Å². The normalized spacial score (nSPS) is 18.2. The van der Waals surface area contributed by atoms with Crippen LogP contribution < -0.4 is 15.4 Å². The minimum Gasteiger partial charge on any atom is -0.485 e. The molecule has 1 aromatic carbocycles. The highest BCUT2D eigenvalue weighted by Crippen LogP contribution is 2.25. The van der Waals surface area contributed by atoms with E-state index in [0.29, 0.717) is 37.8 Å². The van der Waals surface area contributed by atoms with Crippen molar-refractivity contribution in [3.8, 4) is 5.75 Å². The Kier molecular flexibility index (Phi) is 5.57. The van der Waals surface area contributed by atoms with Crippen molar-refractivity contribution in [3.05, 3.63) is 40.8 Å². The Balaban J connectivity index is 1.63. The van der Waals surface area contributed by atoms with Crippen molar-refractivity contribution in [2.24, 2.45) is 5.92 Å². The fourth-order valence-electron chi connectivity index (χ4n) is 2.26. The van der Waals surface area contributed by atoms with Gasteiger partial charge in [0.1, 0.15) is 12.4 Å². The van der Waals surface area contributed by atoms with Crippen LogP contribution in [0.3, 0.4) is 0 Å². The van der Waals surface area contributed by atoms with Crippen LogP contribution in [-0.2, 0) is 16.1 Å². The van der Waals surface area contributed by atoms with Crippen molar-refractivity contribution in [2.45, 2.75) is 6.61 Å². The molecular formula is C16H19N3O3S. The number of rotatable bonds is 5. The van der Waals surface area contributed by atoms with E-state index in [9.17, 15) is 4.79 Å². The summed E-state index contributed by atoms with van der Waals surface area (Å²) in [7, 11) is 0. The standard InChI is InChI=1S/C16H19N3O3S/c20-16(12-7-17-5-6-21-8-12)19-14-3-1-2-4-15(14)22-9-13-10-23-11-18-13/h1-4,10-12,17H,5-9H2,(H,19,20). The monoisotopic (exact) mass is 333 g/mol. The van der Waals surface area contributed by atoms with Gasteiger partial charge in [0.15, 0.2) is 0 Å². The highest BCUT2D eigenvalue weighted by Gasteiger charge is 2.21. The molecule has 6 nitrogen and oxygen atoms in total. The Morgan fingerprint density at radius 2 is 2.39 bits per heavy atom. The molecule has 2 heterocycles. The molecule has 1 atom stereocenters. The van der Waals surface area contributed by atoms with E-state index in [1.807, 2.05) is 29.6 Å². The van der Waals surface area contributed by atoms with Crippen molar-refractivity contribution >= 4 is 22.9 Å². The number of benzene rings is 1. The summed E-state index contributed by atoms with van der Waals surface area (Å²) in [4.78, 5) is 16.6. The van der Waals surface area contributed by atoms with Gasteiger partial charge in [0.05, 0.1) is 36.0 Å². The third-order valence-corrected chi connectivity index (χ3v) is 4.14. The first kappa shape index (κ1) is 15.9. The van der Waals surface area contributed by atoms with Gasteiger partial charge in [-0.25, -0.2) is 4.98 Å². The number of hydrogen-bond acceptors (Lipinski definition) is 6. The van der Waals surface area contributed by atoms with Gasteiger partial charge in [0.25, 0.3) is 0 Å². The van der Waals surface area contributed by atoms with Crippen LogP contribution in [0.4, 0.5) is 5.69 Å². The van der Waals surface area contributed by atoms with Crippen LogP contribution in [0.1, 0.15) is 5.69 Å². The molecule has 0 saturated carbocycles. The summed E-state index contributed by atoms with van der Waals surface area (Å²) < 4.78 is 11.2. The number of anilines is 1. The molecule has 1 saturated heterocycles. The average molecular weight is 333 g/mol. The van der Waals surface area contributed by atoms with E-state index >= 15 is 0 Å². The van der Waals surface area contributed by atoms with Gasteiger partial charge in [-0.2, -0.15) is 0 Å². The van der Waals surface area contributed by atoms with Gasteiger partial charge in [-0.1, -0.05) is 12.1 Å². The smallest absolute Gasteiger partial charge is 0.231 e. The number of amides is 1. The van der Waals surface area contributed by atoms with E-state index in [-0.39, 0.29) is 11.8 Å². The van der Waals surface area contributed by atoms with Gasteiger partial charge in [-0.15, -0.1) is 11.3 Å². The predicted octanol–water partition coefficient (Wildman–Crippen LogP) is 1.90. The van der Waals surface area contributed by atoms with Gasteiger partial charge in [-0.05, 0) is 12.1 Å². The molecule has 1 amide bonds. The number of carbonyl (C=O) groups is 1. The molecule has 2 N–H and O–H groups in total. The Bertz CT molecular complexity index is 625. The maximum absolute atomic E-state index is 12.4. The van der Waals surface area contributed by atoms with Gasteiger partial charge in [0, 0.05) is 18.5 Å². The summed E-state index contributed by atoms with van der Waals surface area (Å²) in [5.41, 5.74) is 3.31. The lowest BCUT2D eigenvalue weighted by atomic mass is 10.1. The van der Waals surface area contributed by atoms with Gasteiger partial charge in [0.2, 0.25) is 5.91 Å². The second-order valence-electron chi connectivity index (χ2n) is 5.23. The molecule has 0 bridgehead atoms. The number of thiazole rings is 1. The topological polar surface area (TPSA) is 72.5 Å². The van der Waals surface area contributed by atoms with E-state index < -0.39 is 0 Å². The molecule has 3 rings (SSSR count). The number of aromatic nitrogens is 1. The van der Waals surface area contributed by atoms with Gasteiger partial charge < -0.3 is 20.1 Å². The maximum Gasteiger partial charge on any atom is 0.231 e. The Morgan fingerprint density at radius 1 is 1.48 bits per heavy atom. The zero-order valence-corrected chi connectivity index (χ0v) is 13.5. The molecule has 0 aliphatic carbocycles. The molecule has 1 unspecified atom stereocenters. The van der Waals surface area contributed by atoms with Crippen molar-refractivity contribution in [2.75, 3.05) is 31.6 Å².